The van der Waals surface area contributed by atoms with Crippen LogP contribution in [0.25, 0.3) is 0 Å². The number of rotatable bonds is 4. The van der Waals surface area contributed by atoms with Crippen LogP contribution in [0, 0.1) is 19.8 Å². The molecule has 0 aromatic carbocycles. The van der Waals surface area contributed by atoms with Crippen molar-refractivity contribution in [1.82, 2.24) is 15.1 Å². The maximum Gasteiger partial charge on any atom is 0.227 e. The third-order valence-corrected chi connectivity index (χ3v) is 5.42. The van der Waals surface area contributed by atoms with E-state index in [0.29, 0.717) is 12.3 Å². The van der Waals surface area contributed by atoms with Crippen molar-refractivity contribution in [3.63, 3.8) is 0 Å². The highest BCUT2D eigenvalue weighted by molar-refractivity contribution is 7.12. The lowest BCUT2D eigenvalue weighted by molar-refractivity contribution is -0.132. The lowest BCUT2D eigenvalue weighted by Gasteiger charge is -2.32. The number of carbonyl (C=O) groups is 1. The van der Waals surface area contributed by atoms with Crippen LogP contribution in [0.2, 0.25) is 0 Å². The molecule has 0 unspecified atom stereocenters. The zero-order chi connectivity index (χ0) is 15.5. The number of nitrogens with zero attached hydrogens (tertiary/aromatic N) is 2. The Kier molecular flexibility index (Phi) is 4.62. The summed E-state index contributed by atoms with van der Waals surface area (Å²) < 4.78 is 0. The van der Waals surface area contributed by atoms with Crippen molar-refractivity contribution >= 4 is 17.2 Å². The molecule has 0 bridgehead atoms. The molecule has 3 rings (SSSR count). The largest absolute Gasteiger partial charge is 0.342 e. The molecule has 1 fully saturated rings. The minimum Gasteiger partial charge on any atom is -0.342 e. The molecule has 4 nitrogen and oxygen atoms in total. The van der Waals surface area contributed by atoms with Crippen LogP contribution in [0.4, 0.5) is 0 Å². The van der Waals surface area contributed by atoms with E-state index in [1.165, 1.54) is 27.4 Å². The first-order valence-electron chi connectivity index (χ1n) is 7.94. The Morgan fingerprint density at radius 2 is 2.32 bits per heavy atom. The molecule has 0 radical (unpaired) electrons. The van der Waals surface area contributed by atoms with E-state index in [1.54, 1.807) is 11.3 Å². The van der Waals surface area contributed by atoms with Crippen molar-refractivity contribution in [2.75, 3.05) is 13.1 Å². The summed E-state index contributed by atoms with van der Waals surface area (Å²) in [7, 11) is 0. The molecule has 118 valence electrons. The molecule has 1 saturated heterocycles. The third-order valence-electron chi connectivity index (χ3n) is 4.42. The number of amides is 1. The molecular weight excluding hydrogens is 294 g/mol. The average molecular weight is 317 g/mol. The van der Waals surface area contributed by atoms with Crippen molar-refractivity contribution < 1.29 is 4.79 Å². The molecule has 1 aliphatic heterocycles. The first kappa shape index (κ1) is 15.3. The Morgan fingerprint density at radius 1 is 1.45 bits per heavy atom. The lowest BCUT2D eigenvalue weighted by atomic mass is 9.92. The maximum atomic E-state index is 12.5. The van der Waals surface area contributed by atoms with Crippen LogP contribution in [0.3, 0.4) is 0 Å². The predicted molar refractivity (Wildman–Crippen MR) is 89.1 cm³/mol. The van der Waals surface area contributed by atoms with Crippen LogP contribution in [0.1, 0.15) is 33.9 Å². The van der Waals surface area contributed by atoms with E-state index < -0.39 is 0 Å². The summed E-state index contributed by atoms with van der Waals surface area (Å²) in [6.45, 7) is 5.95. The second-order valence-electron chi connectivity index (χ2n) is 6.27. The highest BCUT2D eigenvalue weighted by Crippen LogP contribution is 2.23. The molecule has 22 heavy (non-hydrogen) atoms. The summed E-state index contributed by atoms with van der Waals surface area (Å²) in [6, 6.07) is 4.17. The SMILES string of the molecule is Cc1ccc(CC(=O)N2CCC[C@@H](Cc3[nH]ncc3C)C2)s1. The van der Waals surface area contributed by atoms with Crippen molar-refractivity contribution in [2.24, 2.45) is 5.92 Å². The number of piperidine rings is 1. The summed E-state index contributed by atoms with van der Waals surface area (Å²) in [5, 5.41) is 7.18. The smallest absolute Gasteiger partial charge is 0.227 e. The van der Waals surface area contributed by atoms with Crippen LogP contribution in [-0.2, 0) is 17.6 Å². The number of H-pyrrole nitrogens is 1. The van der Waals surface area contributed by atoms with E-state index in [4.69, 9.17) is 0 Å². The van der Waals surface area contributed by atoms with E-state index >= 15 is 0 Å². The second kappa shape index (κ2) is 6.65. The number of hydrogen-bond acceptors (Lipinski definition) is 3. The molecule has 1 amide bonds. The molecule has 2 aromatic heterocycles. The minimum atomic E-state index is 0.271. The normalized spacial score (nSPS) is 18.6. The number of nitrogens with one attached hydrogen (secondary N) is 1. The summed E-state index contributed by atoms with van der Waals surface area (Å²) >= 11 is 1.73. The Labute approximate surface area is 135 Å². The van der Waals surface area contributed by atoms with Crippen molar-refractivity contribution in [3.8, 4) is 0 Å². The van der Waals surface area contributed by atoms with Crippen LogP contribution < -0.4 is 0 Å². The van der Waals surface area contributed by atoms with E-state index in [-0.39, 0.29) is 5.91 Å². The fourth-order valence-electron chi connectivity index (χ4n) is 3.17. The zero-order valence-corrected chi connectivity index (χ0v) is 14.1. The molecule has 0 saturated carbocycles. The Morgan fingerprint density at radius 3 is 3.00 bits per heavy atom. The number of aromatic amines is 1. The van der Waals surface area contributed by atoms with Gasteiger partial charge in [-0.15, -0.1) is 11.3 Å². The molecule has 1 aliphatic rings. The van der Waals surface area contributed by atoms with Crippen LogP contribution in [0.5, 0.6) is 0 Å². The predicted octanol–water partition coefficient (Wildman–Crippen LogP) is 3.11. The first-order chi connectivity index (χ1) is 10.6. The fourth-order valence-corrected chi connectivity index (χ4v) is 4.05. The van der Waals surface area contributed by atoms with Crippen LogP contribution >= 0.6 is 11.3 Å². The molecule has 1 N–H and O–H groups in total. The van der Waals surface area contributed by atoms with Gasteiger partial charge in [0.25, 0.3) is 0 Å². The van der Waals surface area contributed by atoms with Gasteiger partial charge in [-0.3, -0.25) is 9.89 Å². The van der Waals surface area contributed by atoms with Gasteiger partial charge in [0.15, 0.2) is 0 Å². The third kappa shape index (κ3) is 3.58. The average Bonchev–Trinajstić information content (AvgIpc) is 3.08. The van der Waals surface area contributed by atoms with Crippen LogP contribution in [-0.4, -0.2) is 34.1 Å². The maximum absolute atomic E-state index is 12.5. The van der Waals surface area contributed by atoms with Gasteiger partial charge in [-0.1, -0.05) is 0 Å². The highest BCUT2D eigenvalue weighted by Gasteiger charge is 2.24. The molecule has 5 heteroatoms. The molecule has 3 heterocycles. The van der Waals surface area contributed by atoms with Gasteiger partial charge in [0.1, 0.15) is 0 Å². The topological polar surface area (TPSA) is 49.0 Å². The first-order valence-corrected chi connectivity index (χ1v) is 8.75. The van der Waals surface area contributed by atoms with Gasteiger partial charge in [-0.2, -0.15) is 5.10 Å². The summed E-state index contributed by atoms with van der Waals surface area (Å²) in [5.74, 6) is 0.815. The quantitative estimate of drug-likeness (QED) is 0.942. The van der Waals surface area contributed by atoms with Crippen molar-refractivity contribution in [1.29, 1.82) is 0 Å². The molecule has 2 aromatic rings. The van der Waals surface area contributed by atoms with Crippen LogP contribution in [0.15, 0.2) is 18.3 Å². The standard InChI is InChI=1S/C17H23N3OS/c1-12-10-18-19-16(12)8-14-4-3-7-20(11-14)17(21)9-15-6-5-13(2)22-15/h5-6,10,14H,3-4,7-9,11H2,1-2H3,(H,18,19)/t14-/m0/s1. The molecule has 0 spiro atoms. The Bertz CT molecular complexity index is 646. The van der Waals surface area contributed by atoms with Gasteiger partial charge in [0.2, 0.25) is 5.91 Å². The second-order valence-corrected chi connectivity index (χ2v) is 7.65. The number of likely N-dealkylation sites (tertiary alicyclic amines) is 1. The minimum absolute atomic E-state index is 0.271. The van der Waals surface area contributed by atoms with Gasteiger partial charge >= 0.3 is 0 Å². The van der Waals surface area contributed by atoms with E-state index in [1.807, 2.05) is 6.20 Å². The fraction of sp³-hybridized carbons (Fsp3) is 0.529. The molecule has 0 aliphatic carbocycles. The van der Waals surface area contributed by atoms with Gasteiger partial charge in [0, 0.05) is 28.5 Å². The number of thiophene rings is 1. The summed E-state index contributed by atoms with van der Waals surface area (Å²) in [4.78, 5) is 17.0. The Balaban J connectivity index is 1.58. The number of aryl methyl sites for hydroxylation is 2. The van der Waals surface area contributed by atoms with E-state index in [0.717, 1.165) is 25.9 Å². The summed E-state index contributed by atoms with van der Waals surface area (Å²) in [6.07, 6.45) is 5.72. The van der Waals surface area contributed by atoms with E-state index in [9.17, 15) is 4.79 Å². The lowest BCUT2D eigenvalue weighted by Crippen LogP contribution is -2.41. The van der Waals surface area contributed by atoms with Gasteiger partial charge in [-0.05, 0) is 56.7 Å². The van der Waals surface area contributed by atoms with Gasteiger partial charge in [0.05, 0.1) is 12.6 Å². The number of carbonyl (C=O) groups excluding carboxylic acids is 1. The molecular formula is C17H23N3OS. The monoisotopic (exact) mass is 317 g/mol. The number of aromatic nitrogens is 2. The van der Waals surface area contributed by atoms with E-state index in [2.05, 4.69) is 41.1 Å². The van der Waals surface area contributed by atoms with Gasteiger partial charge in [-0.25, -0.2) is 0 Å². The highest BCUT2D eigenvalue weighted by atomic mass is 32.1. The Hall–Kier alpha value is -1.62. The zero-order valence-electron chi connectivity index (χ0n) is 13.3. The van der Waals surface area contributed by atoms with Crippen molar-refractivity contribution in [2.45, 2.75) is 39.5 Å². The molecule has 1 atom stereocenters. The van der Waals surface area contributed by atoms with Crippen molar-refractivity contribution in [3.05, 3.63) is 39.3 Å². The van der Waals surface area contributed by atoms with Gasteiger partial charge < -0.3 is 4.90 Å². The number of hydrogen-bond donors (Lipinski definition) is 1. The summed E-state index contributed by atoms with van der Waals surface area (Å²) in [5.41, 5.74) is 2.44.